The van der Waals surface area contributed by atoms with Gasteiger partial charge in [0, 0.05) is 6.92 Å². The predicted molar refractivity (Wildman–Crippen MR) is 44.0 cm³/mol. The average Bonchev–Trinajstić information content (AvgIpc) is 1.25. The Morgan fingerprint density at radius 3 is 1.33 bits per heavy atom. The fourth-order valence-electron chi connectivity index (χ4n) is 0. The van der Waals surface area contributed by atoms with Crippen LogP contribution in [-0.2, 0) is 4.79 Å². The molecular formula is C5H16NO2P. The smallest absolute Gasteiger partial charge is 0.300 e. The Morgan fingerprint density at radius 2 is 1.33 bits per heavy atom. The van der Waals surface area contributed by atoms with Crippen LogP contribution in [0.5, 0.6) is 0 Å². The molecule has 0 aromatic heterocycles. The highest BCUT2D eigenvalue weighted by Crippen LogP contribution is 1.47. The topological polar surface area (TPSA) is 40.5 Å². The molecule has 0 amide bonds. The van der Waals surface area contributed by atoms with E-state index in [4.69, 9.17) is 9.90 Å². The van der Waals surface area contributed by atoms with Gasteiger partial charge in [0.25, 0.3) is 5.97 Å². The SMILES string of the molecule is CC(=O)O.CN(C)C.P. The highest BCUT2D eigenvalue weighted by atomic mass is 31.0. The van der Waals surface area contributed by atoms with E-state index in [0.717, 1.165) is 6.92 Å². The van der Waals surface area contributed by atoms with E-state index < -0.39 is 5.97 Å². The minimum atomic E-state index is -0.833. The maximum Gasteiger partial charge on any atom is 0.300 e. The summed E-state index contributed by atoms with van der Waals surface area (Å²) in [6.07, 6.45) is 0. The standard InChI is InChI=1S/C3H9N.C2H4O2.H3P/c1-4(2)3;1-2(3)4;/h1-3H3;1H3,(H,3,4);1H3. The van der Waals surface area contributed by atoms with Gasteiger partial charge in [-0.1, -0.05) is 0 Å². The summed E-state index contributed by atoms with van der Waals surface area (Å²) in [5, 5.41) is 7.42. The molecule has 0 radical (unpaired) electrons. The highest BCUT2D eigenvalue weighted by molar-refractivity contribution is 6.92. The zero-order valence-corrected chi connectivity index (χ0v) is 7.92. The summed E-state index contributed by atoms with van der Waals surface area (Å²) in [7, 11) is 6.00. The molecule has 0 saturated carbocycles. The van der Waals surface area contributed by atoms with Gasteiger partial charge in [0.15, 0.2) is 0 Å². The third kappa shape index (κ3) is 13800. The Bertz CT molecular complexity index is 59.2. The largest absolute Gasteiger partial charge is 0.481 e. The molecule has 0 heterocycles. The van der Waals surface area contributed by atoms with E-state index in [2.05, 4.69) is 0 Å². The molecule has 0 aliphatic carbocycles. The van der Waals surface area contributed by atoms with Gasteiger partial charge in [-0.3, -0.25) is 4.79 Å². The van der Waals surface area contributed by atoms with Gasteiger partial charge in [0.1, 0.15) is 0 Å². The predicted octanol–water partition coefficient (Wildman–Crippen LogP) is 0.327. The van der Waals surface area contributed by atoms with Crippen LogP contribution in [-0.4, -0.2) is 37.1 Å². The van der Waals surface area contributed by atoms with Crippen molar-refractivity contribution in [2.24, 2.45) is 0 Å². The lowest BCUT2D eigenvalue weighted by Gasteiger charge is -1.90. The Kier molecular flexibility index (Phi) is 19.1. The summed E-state index contributed by atoms with van der Waals surface area (Å²) in [6, 6.07) is 0. The van der Waals surface area contributed by atoms with Crippen molar-refractivity contribution >= 4 is 15.9 Å². The molecule has 0 rings (SSSR count). The van der Waals surface area contributed by atoms with Gasteiger partial charge in [-0.25, -0.2) is 0 Å². The second-order valence-corrected chi connectivity index (χ2v) is 1.86. The lowest BCUT2D eigenvalue weighted by atomic mass is 10.9. The summed E-state index contributed by atoms with van der Waals surface area (Å²) in [5.41, 5.74) is 0. The first-order valence-corrected chi connectivity index (χ1v) is 2.27. The normalized spacial score (nSPS) is 6.78. The first kappa shape index (κ1) is 15.9. The van der Waals surface area contributed by atoms with Crippen molar-refractivity contribution < 1.29 is 9.90 Å². The van der Waals surface area contributed by atoms with Gasteiger partial charge in [0.05, 0.1) is 0 Å². The lowest BCUT2D eigenvalue weighted by Crippen LogP contribution is -1.99. The third-order valence-corrected chi connectivity index (χ3v) is 0. The zero-order chi connectivity index (χ0) is 7.15. The number of rotatable bonds is 0. The number of carboxylic acid groups (broad SMARTS) is 1. The molecule has 0 spiro atoms. The van der Waals surface area contributed by atoms with Crippen LogP contribution < -0.4 is 0 Å². The Labute approximate surface area is 59.7 Å². The molecule has 0 aromatic rings. The first-order chi connectivity index (χ1) is 3.46. The molecule has 1 atom stereocenters. The number of carboxylic acids is 1. The zero-order valence-electron chi connectivity index (χ0n) is 6.51. The molecule has 0 saturated heterocycles. The molecule has 1 unspecified atom stereocenters. The van der Waals surface area contributed by atoms with Crippen molar-refractivity contribution in [3.8, 4) is 0 Å². The third-order valence-electron chi connectivity index (χ3n) is 0. The van der Waals surface area contributed by atoms with Gasteiger partial charge >= 0.3 is 0 Å². The van der Waals surface area contributed by atoms with E-state index in [1.54, 1.807) is 0 Å². The van der Waals surface area contributed by atoms with Crippen molar-refractivity contribution in [3.63, 3.8) is 0 Å². The Hall–Kier alpha value is -0.140. The second-order valence-electron chi connectivity index (χ2n) is 1.86. The van der Waals surface area contributed by atoms with Crippen LogP contribution in [0.2, 0.25) is 0 Å². The fraction of sp³-hybridized carbons (Fsp3) is 0.800. The summed E-state index contributed by atoms with van der Waals surface area (Å²) in [5.74, 6) is -0.833. The first-order valence-electron chi connectivity index (χ1n) is 2.27. The van der Waals surface area contributed by atoms with Crippen LogP contribution in [0.1, 0.15) is 6.92 Å². The van der Waals surface area contributed by atoms with Crippen molar-refractivity contribution in [1.82, 2.24) is 4.90 Å². The Balaban J connectivity index is -0.0000000720. The van der Waals surface area contributed by atoms with Gasteiger partial charge in [-0.05, 0) is 21.1 Å². The Morgan fingerprint density at radius 1 is 1.33 bits per heavy atom. The molecule has 0 bridgehead atoms. The number of hydrogen-bond acceptors (Lipinski definition) is 2. The molecule has 9 heavy (non-hydrogen) atoms. The average molecular weight is 153 g/mol. The number of carbonyl (C=O) groups is 1. The maximum atomic E-state index is 9.00. The molecule has 58 valence electrons. The van der Waals surface area contributed by atoms with Crippen LogP contribution >= 0.6 is 9.90 Å². The summed E-state index contributed by atoms with van der Waals surface area (Å²) >= 11 is 0. The quantitative estimate of drug-likeness (QED) is 0.510. The van der Waals surface area contributed by atoms with Crippen LogP contribution in [0, 0.1) is 0 Å². The molecule has 0 aromatic carbocycles. The van der Waals surface area contributed by atoms with Crippen molar-refractivity contribution in [3.05, 3.63) is 0 Å². The van der Waals surface area contributed by atoms with Crippen molar-refractivity contribution in [1.29, 1.82) is 0 Å². The van der Waals surface area contributed by atoms with Gasteiger partial charge in [0.2, 0.25) is 0 Å². The monoisotopic (exact) mass is 153 g/mol. The van der Waals surface area contributed by atoms with Crippen LogP contribution in [0.4, 0.5) is 0 Å². The van der Waals surface area contributed by atoms with Crippen molar-refractivity contribution in [2.75, 3.05) is 21.1 Å². The van der Waals surface area contributed by atoms with Crippen LogP contribution in [0.25, 0.3) is 0 Å². The van der Waals surface area contributed by atoms with Gasteiger partial charge in [-0.15, -0.1) is 0 Å². The maximum absolute atomic E-state index is 9.00. The lowest BCUT2D eigenvalue weighted by molar-refractivity contribution is -0.134. The molecule has 0 fully saturated rings. The molecule has 3 nitrogen and oxygen atoms in total. The molecular weight excluding hydrogens is 137 g/mol. The molecule has 0 aliphatic rings. The number of nitrogens with zero attached hydrogens (tertiary/aromatic N) is 1. The van der Waals surface area contributed by atoms with E-state index >= 15 is 0 Å². The second kappa shape index (κ2) is 10.8. The van der Waals surface area contributed by atoms with E-state index in [0.29, 0.717) is 0 Å². The van der Waals surface area contributed by atoms with E-state index in [-0.39, 0.29) is 9.90 Å². The van der Waals surface area contributed by atoms with Crippen LogP contribution in [0.15, 0.2) is 0 Å². The van der Waals surface area contributed by atoms with E-state index in [9.17, 15) is 0 Å². The van der Waals surface area contributed by atoms with E-state index in [1.165, 1.54) is 0 Å². The minimum Gasteiger partial charge on any atom is -0.481 e. The highest BCUT2D eigenvalue weighted by Gasteiger charge is 1.65. The number of hydrogen-bond donors (Lipinski definition) is 1. The van der Waals surface area contributed by atoms with E-state index in [1.807, 2.05) is 26.0 Å². The molecule has 0 aliphatic heterocycles. The number of aliphatic carboxylic acids is 1. The summed E-state index contributed by atoms with van der Waals surface area (Å²) in [6.45, 7) is 1.08. The van der Waals surface area contributed by atoms with Crippen molar-refractivity contribution in [2.45, 2.75) is 6.92 Å². The molecule has 1 N–H and O–H groups in total. The molecule has 4 heteroatoms. The fourth-order valence-corrected chi connectivity index (χ4v) is 0. The van der Waals surface area contributed by atoms with Crippen LogP contribution in [0.3, 0.4) is 0 Å². The summed E-state index contributed by atoms with van der Waals surface area (Å²) in [4.78, 5) is 11.0. The van der Waals surface area contributed by atoms with Gasteiger partial charge in [-0.2, -0.15) is 9.90 Å². The van der Waals surface area contributed by atoms with Gasteiger partial charge < -0.3 is 10.0 Å². The minimum absolute atomic E-state index is 0. The summed E-state index contributed by atoms with van der Waals surface area (Å²) < 4.78 is 0.